The average Bonchev–Trinajstić information content (AvgIpc) is 2.92. The maximum absolute atomic E-state index is 6.08. The van der Waals surface area contributed by atoms with Gasteiger partial charge in [-0.25, -0.2) is 0 Å². The predicted molar refractivity (Wildman–Crippen MR) is 76.9 cm³/mol. The summed E-state index contributed by atoms with van der Waals surface area (Å²) in [4.78, 5) is 17.7. The Hall–Kier alpha value is -1.10. The van der Waals surface area contributed by atoms with Crippen molar-refractivity contribution >= 4 is 23.5 Å². The van der Waals surface area contributed by atoms with Gasteiger partial charge in [-0.3, -0.25) is 0 Å². The van der Waals surface area contributed by atoms with Crippen molar-refractivity contribution in [3.05, 3.63) is 5.28 Å². The smallest absolute Gasteiger partial charge is 0.231 e. The van der Waals surface area contributed by atoms with Crippen molar-refractivity contribution < 1.29 is 0 Å². The number of nitrogens with zero attached hydrogens (tertiary/aromatic N) is 5. The van der Waals surface area contributed by atoms with Crippen LogP contribution in [-0.2, 0) is 0 Å². The Morgan fingerprint density at radius 2 is 1.63 bits per heavy atom. The fraction of sp³-hybridized carbons (Fsp3) is 0.769. The van der Waals surface area contributed by atoms with Crippen molar-refractivity contribution in [3.8, 4) is 0 Å². The molecule has 0 radical (unpaired) electrons. The maximum atomic E-state index is 6.08. The quantitative estimate of drug-likeness (QED) is 0.833. The van der Waals surface area contributed by atoms with Crippen molar-refractivity contribution in [3.63, 3.8) is 0 Å². The molecule has 2 aliphatic rings. The van der Waals surface area contributed by atoms with E-state index in [2.05, 4.69) is 31.7 Å². The number of hydrogen-bond acceptors (Lipinski definition) is 5. The molecule has 0 amide bonds. The van der Waals surface area contributed by atoms with Crippen molar-refractivity contribution in [2.45, 2.75) is 45.1 Å². The standard InChI is InChI=1S/C13H20ClN5/c1-10-6-2-3-9-19(10)13-16-11(14)15-12(17-13)18-7-4-5-8-18/h10H,2-9H2,1H3. The van der Waals surface area contributed by atoms with Gasteiger partial charge in [-0.2, -0.15) is 15.0 Å². The molecule has 0 spiro atoms. The van der Waals surface area contributed by atoms with E-state index in [4.69, 9.17) is 11.6 Å². The molecule has 3 heterocycles. The van der Waals surface area contributed by atoms with Gasteiger partial charge in [-0.15, -0.1) is 0 Å². The van der Waals surface area contributed by atoms with E-state index in [-0.39, 0.29) is 0 Å². The van der Waals surface area contributed by atoms with Gasteiger partial charge in [0.05, 0.1) is 0 Å². The van der Waals surface area contributed by atoms with E-state index in [1.807, 2.05) is 0 Å². The Labute approximate surface area is 119 Å². The van der Waals surface area contributed by atoms with Crippen LogP contribution in [0.4, 0.5) is 11.9 Å². The molecule has 1 unspecified atom stereocenters. The second kappa shape index (κ2) is 5.49. The zero-order valence-electron chi connectivity index (χ0n) is 11.3. The number of aromatic nitrogens is 3. The highest BCUT2D eigenvalue weighted by atomic mass is 35.5. The molecule has 0 aliphatic carbocycles. The Morgan fingerprint density at radius 1 is 0.947 bits per heavy atom. The van der Waals surface area contributed by atoms with Crippen molar-refractivity contribution in [2.24, 2.45) is 0 Å². The van der Waals surface area contributed by atoms with Gasteiger partial charge in [0.25, 0.3) is 0 Å². The maximum Gasteiger partial charge on any atom is 0.231 e. The molecule has 104 valence electrons. The highest BCUT2D eigenvalue weighted by molar-refractivity contribution is 6.28. The third-order valence-corrected chi connectivity index (χ3v) is 4.20. The molecule has 0 bridgehead atoms. The first kappa shape index (κ1) is 12.9. The lowest BCUT2D eigenvalue weighted by atomic mass is 10.0. The van der Waals surface area contributed by atoms with Crippen LogP contribution in [0.15, 0.2) is 0 Å². The second-order valence-corrected chi connectivity index (χ2v) is 5.77. The summed E-state index contributed by atoms with van der Waals surface area (Å²) in [6, 6.07) is 0.485. The molecule has 0 aromatic carbocycles. The summed E-state index contributed by atoms with van der Waals surface area (Å²) in [5.41, 5.74) is 0. The molecule has 19 heavy (non-hydrogen) atoms. The first-order valence-electron chi connectivity index (χ1n) is 7.17. The monoisotopic (exact) mass is 281 g/mol. The summed E-state index contributed by atoms with van der Waals surface area (Å²) < 4.78 is 0. The van der Waals surface area contributed by atoms with Gasteiger partial charge in [0.15, 0.2) is 0 Å². The lowest BCUT2D eigenvalue weighted by Crippen LogP contribution is -2.39. The van der Waals surface area contributed by atoms with E-state index in [1.165, 1.54) is 32.1 Å². The minimum absolute atomic E-state index is 0.310. The zero-order chi connectivity index (χ0) is 13.2. The summed E-state index contributed by atoms with van der Waals surface area (Å²) in [6.45, 7) is 5.29. The predicted octanol–water partition coefficient (Wildman–Crippen LogP) is 2.50. The van der Waals surface area contributed by atoms with E-state index >= 15 is 0 Å². The van der Waals surface area contributed by atoms with Gasteiger partial charge >= 0.3 is 0 Å². The van der Waals surface area contributed by atoms with Gasteiger partial charge in [-0.1, -0.05) is 0 Å². The minimum Gasteiger partial charge on any atom is -0.341 e. The van der Waals surface area contributed by atoms with Crippen molar-refractivity contribution in [1.29, 1.82) is 0 Å². The summed E-state index contributed by atoms with van der Waals surface area (Å²) in [6.07, 6.45) is 6.10. The van der Waals surface area contributed by atoms with Crippen LogP contribution in [-0.4, -0.2) is 40.6 Å². The van der Waals surface area contributed by atoms with Crippen LogP contribution in [0.3, 0.4) is 0 Å². The van der Waals surface area contributed by atoms with Gasteiger partial charge in [0.2, 0.25) is 17.2 Å². The normalized spacial score (nSPS) is 24.0. The molecule has 1 aromatic rings. The molecule has 6 heteroatoms. The van der Waals surface area contributed by atoms with Crippen molar-refractivity contribution in [2.75, 3.05) is 29.4 Å². The molecule has 2 aliphatic heterocycles. The fourth-order valence-corrected chi connectivity index (χ4v) is 3.06. The fourth-order valence-electron chi connectivity index (χ4n) is 2.91. The lowest BCUT2D eigenvalue weighted by molar-refractivity contribution is 0.476. The van der Waals surface area contributed by atoms with Crippen LogP contribution in [0.1, 0.15) is 39.0 Å². The molecule has 0 saturated carbocycles. The topological polar surface area (TPSA) is 45.2 Å². The molecule has 2 fully saturated rings. The van der Waals surface area contributed by atoms with E-state index in [0.717, 1.165) is 31.5 Å². The van der Waals surface area contributed by atoms with Gasteiger partial charge in [0.1, 0.15) is 0 Å². The van der Waals surface area contributed by atoms with E-state index in [0.29, 0.717) is 11.3 Å². The van der Waals surface area contributed by atoms with Crippen LogP contribution in [0.25, 0.3) is 0 Å². The third-order valence-electron chi connectivity index (χ3n) is 4.03. The second-order valence-electron chi connectivity index (χ2n) is 5.44. The van der Waals surface area contributed by atoms with Crippen LogP contribution >= 0.6 is 11.6 Å². The number of hydrogen-bond donors (Lipinski definition) is 0. The van der Waals surface area contributed by atoms with E-state index in [1.54, 1.807) is 0 Å². The Kier molecular flexibility index (Phi) is 3.73. The van der Waals surface area contributed by atoms with Crippen LogP contribution in [0, 0.1) is 0 Å². The summed E-state index contributed by atoms with van der Waals surface area (Å²) in [7, 11) is 0. The van der Waals surface area contributed by atoms with Crippen LogP contribution in [0.2, 0.25) is 5.28 Å². The highest BCUT2D eigenvalue weighted by Gasteiger charge is 2.23. The summed E-state index contributed by atoms with van der Waals surface area (Å²) >= 11 is 6.08. The van der Waals surface area contributed by atoms with Crippen LogP contribution < -0.4 is 9.80 Å². The van der Waals surface area contributed by atoms with Crippen LogP contribution in [0.5, 0.6) is 0 Å². The van der Waals surface area contributed by atoms with Crippen molar-refractivity contribution in [1.82, 2.24) is 15.0 Å². The average molecular weight is 282 g/mol. The third kappa shape index (κ3) is 2.76. The molecule has 5 nitrogen and oxygen atoms in total. The summed E-state index contributed by atoms with van der Waals surface area (Å²) in [5, 5.41) is 0.310. The summed E-state index contributed by atoms with van der Waals surface area (Å²) in [5.74, 6) is 1.49. The number of piperidine rings is 1. The zero-order valence-corrected chi connectivity index (χ0v) is 12.1. The molecule has 1 aromatic heterocycles. The molecule has 0 N–H and O–H groups in total. The minimum atomic E-state index is 0.310. The Morgan fingerprint density at radius 3 is 2.37 bits per heavy atom. The Balaban J connectivity index is 1.88. The van der Waals surface area contributed by atoms with Gasteiger partial charge < -0.3 is 9.80 Å². The first-order valence-corrected chi connectivity index (χ1v) is 7.55. The number of anilines is 2. The molecule has 2 saturated heterocycles. The number of rotatable bonds is 2. The molecule has 3 rings (SSSR count). The SMILES string of the molecule is CC1CCCCN1c1nc(Cl)nc(N2CCCC2)n1. The largest absolute Gasteiger partial charge is 0.341 e. The lowest BCUT2D eigenvalue weighted by Gasteiger charge is -2.33. The molecular weight excluding hydrogens is 262 g/mol. The highest BCUT2D eigenvalue weighted by Crippen LogP contribution is 2.25. The first-order chi connectivity index (χ1) is 9.24. The van der Waals surface area contributed by atoms with Gasteiger partial charge in [-0.05, 0) is 50.6 Å². The Bertz CT molecular complexity index is 447. The molecular formula is C13H20ClN5. The van der Waals surface area contributed by atoms with E-state index in [9.17, 15) is 0 Å². The molecule has 1 atom stereocenters. The van der Waals surface area contributed by atoms with Gasteiger partial charge in [0, 0.05) is 25.7 Å². The van der Waals surface area contributed by atoms with E-state index < -0.39 is 0 Å². The number of halogens is 1.